The van der Waals surface area contributed by atoms with Crippen LogP contribution >= 0.6 is 11.6 Å². The van der Waals surface area contributed by atoms with E-state index >= 15 is 0 Å². The van der Waals surface area contributed by atoms with Gasteiger partial charge in [0.2, 0.25) is 0 Å². The minimum absolute atomic E-state index is 0.0254. The summed E-state index contributed by atoms with van der Waals surface area (Å²) in [5.74, 6) is 0.167. The number of nitrogens with two attached hydrogens (primary N) is 1. The van der Waals surface area contributed by atoms with Crippen molar-refractivity contribution in [3.8, 4) is 0 Å². The molecular formula is C14H16ClN3. The molecule has 2 rings (SSSR count). The van der Waals surface area contributed by atoms with E-state index in [9.17, 15) is 0 Å². The SMILES string of the molecule is C[C@@H](N)[C@H](Cc1ccc(Cl)cc1)c1cccnn1. The Labute approximate surface area is 112 Å². The highest BCUT2D eigenvalue weighted by Gasteiger charge is 2.18. The second kappa shape index (κ2) is 5.94. The van der Waals surface area contributed by atoms with Gasteiger partial charge < -0.3 is 5.73 Å². The van der Waals surface area contributed by atoms with Crippen molar-refractivity contribution in [2.45, 2.75) is 25.3 Å². The first-order valence-corrected chi connectivity index (χ1v) is 6.32. The van der Waals surface area contributed by atoms with E-state index in [1.54, 1.807) is 6.20 Å². The zero-order chi connectivity index (χ0) is 13.0. The predicted octanol–water partition coefficient (Wildman–Crippen LogP) is 2.80. The van der Waals surface area contributed by atoms with Crippen molar-refractivity contribution < 1.29 is 0 Å². The van der Waals surface area contributed by atoms with Crippen LogP contribution in [0.15, 0.2) is 42.6 Å². The van der Waals surface area contributed by atoms with E-state index in [0.29, 0.717) is 0 Å². The lowest BCUT2D eigenvalue weighted by Gasteiger charge is -2.19. The minimum Gasteiger partial charge on any atom is -0.327 e. The van der Waals surface area contributed by atoms with Crippen LogP contribution in [-0.4, -0.2) is 16.2 Å². The molecule has 3 nitrogen and oxygen atoms in total. The van der Waals surface area contributed by atoms with Crippen LogP contribution in [-0.2, 0) is 6.42 Å². The van der Waals surface area contributed by atoms with Crippen molar-refractivity contribution in [2.75, 3.05) is 0 Å². The summed E-state index contributed by atoms with van der Waals surface area (Å²) < 4.78 is 0. The van der Waals surface area contributed by atoms with Crippen molar-refractivity contribution in [1.29, 1.82) is 0 Å². The van der Waals surface area contributed by atoms with Crippen molar-refractivity contribution in [2.24, 2.45) is 5.73 Å². The van der Waals surface area contributed by atoms with E-state index in [1.165, 1.54) is 5.56 Å². The molecule has 94 valence electrons. The summed E-state index contributed by atoms with van der Waals surface area (Å²) in [5.41, 5.74) is 8.19. The summed E-state index contributed by atoms with van der Waals surface area (Å²) in [6.45, 7) is 2.00. The average Bonchev–Trinajstić information content (AvgIpc) is 2.38. The number of rotatable bonds is 4. The van der Waals surface area contributed by atoms with Gasteiger partial charge in [-0.1, -0.05) is 23.7 Å². The molecule has 0 aliphatic carbocycles. The fraction of sp³-hybridized carbons (Fsp3) is 0.286. The Balaban J connectivity index is 2.19. The van der Waals surface area contributed by atoms with E-state index in [2.05, 4.69) is 10.2 Å². The van der Waals surface area contributed by atoms with Gasteiger partial charge in [-0.25, -0.2) is 0 Å². The number of halogens is 1. The molecule has 0 saturated heterocycles. The number of benzene rings is 1. The first kappa shape index (κ1) is 13.0. The Morgan fingerprint density at radius 2 is 1.94 bits per heavy atom. The molecule has 1 aromatic carbocycles. The molecule has 1 aromatic heterocycles. The summed E-state index contributed by atoms with van der Waals surface area (Å²) in [5, 5.41) is 8.82. The van der Waals surface area contributed by atoms with Crippen molar-refractivity contribution in [1.82, 2.24) is 10.2 Å². The number of nitrogens with zero attached hydrogens (tertiary/aromatic N) is 2. The molecule has 18 heavy (non-hydrogen) atoms. The van der Waals surface area contributed by atoms with Crippen LogP contribution < -0.4 is 5.73 Å². The molecule has 0 saturated carbocycles. The molecule has 2 aromatic rings. The van der Waals surface area contributed by atoms with Gasteiger partial charge in [0.15, 0.2) is 0 Å². The lowest BCUT2D eigenvalue weighted by Crippen LogP contribution is -2.27. The van der Waals surface area contributed by atoms with Crippen molar-refractivity contribution in [3.05, 3.63) is 58.9 Å². The third-order valence-corrected chi connectivity index (χ3v) is 3.23. The second-order valence-corrected chi connectivity index (χ2v) is 4.88. The fourth-order valence-electron chi connectivity index (χ4n) is 1.95. The number of hydrogen-bond acceptors (Lipinski definition) is 3. The maximum absolute atomic E-state index is 6.05. The summed E-state index contributed by atoms with van der Waals surface area (Å²) in [4.78, 5) is 0. The lowest BCUT2D eigenvalue weighted by molar-refractivity contribution is 0.545. The summed E-state index contributed by atoms with van der Waals surface area (Å²) in [7, 11) is 0. The van der Waals surface area contributed by atoms with Gasteiger partial charge in [-0.05, 0) is 43.2 Å². The van der Waals surface area contributed by atoms with Gasteiger partial charge in [0, 0.05) is 23.2 Å². The summed E-state index contributed by atoms with van der Waals surface area (Å²) in [6.07, 6.45) is 2.51. The predicted molar refractivity (Wildman–Crippen MR) is 73.6 cm³/mol. The van der Waals surface area contributed by atoms with Gasteiger partial charge in [-0.2, -0.15) is 10.2 Å². The molecule has 0 fully saturated rings. The number of hydrogen-bond donors (Lipinski definition) is 1. The standard InChI is InChI=1S/C14H16ClN3/c1-10(16)13(14-3-2-8-17-18-14)9-11-4-6-12(15)7-5-11/h2-8,10,13H,9,16H2,1H3/t10-,13+/m1/s1. The highest BCUT2D eigenvalue weighted by molar-refractivity contribution is 6.30. The second-order valence-electron chi connectivity index (χ2n) is 4.44. The Kier molecular flexibility index (Phi) is 4.28. The topological polar surface area (TPSA) is 51.8 Å². The van der Waals surface area contributed by atoms with Crippen LogP contribution in [0, 0.1) is 0 Å². The largest absolute Gasteiger partial charge is 0.327 e. The van der Waals surface area contributed by atoms with E-state index in [-0.39, 0.29) is 12.0 Å². The van der Waals surface area contributed by atoms with Gasteiger partial charge in [0.1, 0.15) is 0 Å². The third-order valence-electron chi connectivity index (χ3n) is 2.98. The van der Waals surface area contributed by atoms with Gasteiger partial charge >= 0.3 is 0 Å². The van der Waals surface area contributed by atoms with Gasteiger partial charge in [-0.15, -0.1) is 0 Å². The monoisotopic (exact) mass is 261 g/mol. The first-order chi connectivity index (χ1) is 8.66. The normalized spacial score (nSPS) is 14.2. The van der Waals surface area contributed by atoms with Gasteiger partial charge in [0.25, 0.3) is 0 Å². The minimum atomic E-state index is 0.0254. The van der Waals surface area contributed by atoms with E-state index in [4.69, 9.17) is 17.3 Å². The van der Waals surface area contributed by atoms with E-state index in [0.717, 1.165) is 17.1 Å². The smallest absolute Gasteiger partial charge is 0.0680 e. The Morgan fingerprint density at radius 1 is 1.22 bits per heavy atom. The Hall–Kier alpha value is -1.45. The number of aromatic nitrogens is 2. The molecule has 0 spiro atoms. The quantitative estimate of drug-likeness (QED) is 0.921. The summed E-state index contributed by atoms with van der Waals surface area (Å²) >= 11 is 5.88. The van der Waals surface area contributed by atoms with Crippen LogP contribution in [0.5, 0.6) is 0 Å². The van der Waals surface area contributed by atoms with E-state index in [1.807, 2.05) is 43.3 Å². The van der Waals surface area contributed by atoms with Crippen molar-refractivity contribution in [3.63, 3.8) is 0 Å². The highest BCUT2D eigenvalue weighted by Crippen LogP contribution is 2.22. The molecular weight excluding hydrogens is 246 g/mol. The molecule has 0 aliphatic rings. The van der Waals surface area contributed by atoms with Crippen LogP contribution in [0.1, 0.15) is 24.1 Å². The summed E-state index contributed by atoms with van der Waals surface area (Å²) in [6, 6.07) is 11.7. The maximum Gasteiger partial charge on any atom is 0.0680 e. The van der Waals surface area contributed by atoms with Crippen LogP contribution in [0.25, 0.3) is 0 Å². The molecule has 0 aliphatic heterocycles. The van der Waals surface area contributed by atoms with Crippen LogP contribution in [0.2, 0.25) is 5.02 Å². The fourth-order valence-corrected chi connectivity index (χ4v) is 2.07. The lowest BCUT2D eigenvalue weighted by atomic mass is 9.90. The van der Waals surface area contributed by atoms with Crippen LogP contribution in [0.3, 0.4) is 0 Å². The first-order valence-electron chi connectivity index (χ1n) is 5.94. The molecule has 4 heteroatoms. The maximum atomic E-state index is 6.05. The Bertz CT molecular complexity index is 482. The molecule has 0 bridgehead atoms. The van der Waals surface area contributed by atoms with E-state index < -0.39 is 0 Å². The third kappa shape index (κ3) is 3.28. The molecule has 1 heterocycles. The molecule has 0 amide bonds. The molecule has 2 atom stereocenters. The molecule has 0 radical (unpaired) electrons. The highest BCUT2D eigenvalue weighted by atomic mass is 35.5. The average molecular weight is 262 g/mol. The zero-order valence-corrected chi connectivity index (χ0v) is 11.0. The van der Waals surface area contributed by atoms with Gasteiger partial charge in [-0.3, -0.25) is 0 Å². The Morgan fingerprint density at radius 3 is 2.50 bits per heavy atom. The molecule has 0 unspecified atom stereocenters. The molecule has 2 N–H and O–H groups in total. The van der Waals surface area contributed by atoms with Crippen molar-refractivity contribution >= 4 is 11.6 Å². The van der Waals surface area contributed by atoms with Crippen LogP contribution in [0.4, 0.5) is 0 Å². The zero-order valence-electron chi connectivity index (χ0n) is 10.3. The van der Waals surface area contributed by atoms with Gasteiger partial charge in [0.05, 0.1) is 5.69 Å².